The second-order valence-electron chi connectivity index (χ2n) is 4.45. The summed E-state index contributed by atoms with van der Waals surface area (Å²) >= 11 is 0. The van der Waals surface area contributed by atoms with E-state index in [1.165, 1.54) is 5.01 Å². The summed E-state index contributed by atoms with van der Waals surface area (Å²) in [5, 5.41) is 9.23. The van der Waals surface area contributed by atoms with E-state index >= 15 is 0 Å². The minimum atomic E-state index is -0.607. The zero-order valence-electron chi connectivity index (χ0n) is 11.4. The van der Waals surface area contributed by atoms with Crippen LogP contribution < -0.4 is 5.73 Å². The average Bonchev–Trinajstić information content (AvgIpc) is 2.81. The molecule has 20 heavy (non-hydrogen) atoms. The van der Waals surface area contributed by atoms with Crippen LogP contribution >= 0.6 is 0 Å². The zero-order chi connectivity index (χ0) is 14.5. The molecule has 0 aliphatic rings. The molecule has 0 fully saturated rings. The number of hydrogen-bond donors (Lipinski definition) is 2. The van der Waals surface area contributed by atoms with E-state index in [4.69, 9.17) is 5.73 Å². The van der Waals surface area contributed by atoms with Crippen LogP contribution in [0.25, 0.3) is 0 Å². The molecule has 0 saturated carbocycles. The number of aromatic amines is 1. The van der Waals surface area contributed by atoms with E-state index in [1.807, 2.05) is 30.3 Å². The lowest BCUT2D eigenvalue weighted by atomic mass is 10.1. The first-order chi connectivity index (χ1) is 9.56. The molecule has 0 radical (unpaired) electrons. The molecule has 104 valence electrons. The van der Waals surface area contributed by atoms with Gasteiger partial charge in [0, 0.05) is 20.5 Å². The summed E-state index contributed by atoms with van der Waals surface area (Å²) in [6.45, 7) is 0. The highest BCUT2D eigenvalue weighted by atomic mass is 16.1. The third kappa shape index (κ3) is 3.41. The minimum Gasteiger partial charge on any atom is -0.364 e. The van der Waals surface area contributed by atoms with E-state index < -0.39 is 5.91 Å². The topological polar surface area (TPSA) is 99.7 Å². The molecule has 0 spiro atoms. The average molecular weight is 272 g/mol. The normalized spacial score (nSPS) is 10.9. The number of rotatable bonds is 5. The van der Waals surface area contributed by atoms with Crippen LogP contribution in [0.1, 0.15) is 21.9 Å². The molecule has 1 amide bonds. The fraction of sp³-hybridized carbons (Fsp3) is 0.231. The molecule has 1 heterocycles. The maximum Gasteiger partial charge on any atom is 0.269 e. The standard InChI is InChI=1S/C13H16N6O/c1-19(2)18-17-13-11(12(14)20)15-10(16-13)8-9-6-4-3-5-7-9/h3-7H,8H2,1-2H3,(H2,14,20)(H,15,16)/b18-17+. The van der Waals surface area contributed by atoms with Crippen molar-refractivity contribution in [3.8, 4) is 0 Å². The first kappa shape index (κ1) is 13.7. The maximum atomic E-state index is 11.4. The van der Waals surface area contributed by atoms with Crippen LogP contribution in [0.15, 0.2) is 40.7 Å². The van der Waals surface area contributed by atoms with Gasteiger partial charge in [-0.15, -0.1) is 5.11 Å². The lowest BCUT2D eigenvalue weighted by Crippen LogP contribution is -2.11. The van der Waals surface area contributed by atoms with Gasteiger partial charge in [0.1, 0.15) is 5.82 Å². The van der Waals surface area contributed by atoms with E-state index in [0.717, 1.165) is 5.56 Å². The first-order valence-corrected chi connectivity index (χ1v) is 6.08. The first-order valence-electron chi connectivity index (χ1n) is 6.08. The molecule has 2 aromatic rings. The van der Waals surface area contributed by atoms with E-state index in [0.29, 0.717) is 12.2 Å². The van der Waals surface area contributed by atoms with Gasteiger partial charge in [-0.1, -0.05) is 35.6 Å². The van der Waals surface area contributed by atoms with Crippen molar-refractivity contribution in [2.45, 2.75) is 6.42 Å². The Balaban J connectivity index is 2.27. The number of nitrogens with one attached hydrogen (secondary N) is 1. The van der Waals surface area contributed by atoms with E-state index in [2.05, 4.69) is 20.3 Å². The Morgan fingerprint density at radius 2 is 2.05 bits per heavy atom. The lowest BCUT2D eigenvalue weighted by Gasteiger charge is -1.99. The molecule has 0 aliphatic heterocycles. The number of primary amides is 1. The van der Waals surface area contributed by atoms with Crippen LogP contribution in [0.5, 0.6) is 0 Å². The molecule has 3 N–H and O–H groups in total. The number of amides is 1. The smallest absolute Gasteiger partial charge is 0.269 e. The van der Waals surface area contributed by atoms with Crippen LogP contribution in [0, 0.1) is 0 Å². The number of nitrogens with two attached hydrogens (primary N) is 1. The molecule has 7 nitrogen and oxygen atoms in total. The molecule has 1 aromatic carbocycles. The summed E-state index contributed by atoms with van der Waals surface area (Å²) in [5.41, 5.74) is 6.55. The van der Waals surface area contributed by atoms with Gasteiger partial charge in [0.2, 0.25) is 5.82 Å². The van der Waals surface area contributed by atoms with E-state index in [-0.39, 0.29) is 11.5 Å². The number of benzene rings is 1. The number of imidazole rings is 1. The largest absolute Gasteiger partial charge is 0.364 e. The summed E-state index contributed by atoms with van der Waals surface area (Å²) in [7, 11) is 3.45. The number of aromatic nitrogens is 2. The van der Waals surface area contributed by atoms with E-state index in [9.17, 15) is 4.79 Å². The Bertz CT molecular complexity index is 617. The van der Waals surface area contributed by atoms with Gasteiger partial charge in [-0.25, -0.2) is 4.98 Å². The summed E-state index contributed by atoms with van der Waals surface area (Å²) in [5.74, 6) is 0.222. The monoisotopic (exact) mass is 272 g/mol. The predicted molar refractivity (Wildman–Crippen MR) is 74.6 cm³/mol. The Labute approximate surface area is 116 Å². The van der Waals surface area contributed by atoms with Gasteiger partial charge < -0.3 is 10.7 Å². The third-order valence-electron chi connectivity index (χ3n) is 2.51. The van der Waals surface area contributed by atoms with Crippen molar-refractivity contribution in [3.05, 3.63) is 47.4 Å². The Kier molecular flexibility index (Phi) is 4.09. The zero-order valence-corrected chi connectivity index (χ0v) is 11.4. The van der Waals surface area contributed by atoms with Crippen LogP contribution in [0.4, 0.5) is 5.82 Å². The molecular formula is C13H16N6O. The highest BCUT2D eigenvalue weighted by Crippen LogP contribution is 2.18. The number of carbonyl (C=O) groups is 1. The summed E-state index contributed by atoms with van der Waals surface area (Å²) in [4.78, 5) is 18.5. The molecular weight excluding hydrogens is 256 g/mol. The van der Waals surface area contributed by atoms with Crippen molar-refractivity contribution in [3.63, 3.8) is 0 Å². The minimum absolute atomic E-state index is 0.168. The highest BCUT2D eigenvalue weighted by molar-refractivity contribution is 5.95. The summed E-state index contributed by atoms with van der Waals surface area (Å²) < 4.78 is 0. The summed E-state index contributed by atoms with van der Waals surface area (Å²) in [6, 6.07) is 9.79. The van der Waals surface area contributed by atoms with Gasteiger partial charge in [-0.3, -0.25) is 9.80 Å². The maximum absolute atomic E-state index is 11.4. The SMILES string of the molecule is CN(C)/N=N/c1nc(Cc2ccccc2)[nH]c1C(N)=O. The van der Waals surface area contributed by atoms with E-state index in [1.54, 1.807) is 14.1 Å². The molecule has 0 bridgehead atoms. The van der Waals surface area contributed by atoms with Gasteiger partial charge in [0.15, 0.2) is 5.69 Å². The van der Waals surface area contributed by atoms with Crippen LogP contribution in [-0.4, -0.2) is 35.0 Å². The molecule has 2 rings (SSSR count). The second kappa shape index (κ2) is 5.96. The van der Waals surface area contributed by atoms with Crippen LogP contribution in [0.3, 0.4) is 0 Å². The van der Waals surface area contributed by atoms with Crippen molar-refractivity contribution in [2.24, 2.45) is 16.1 Å². The molecule has 0 unspecified atom stereocenters. The molecule has 0 atom stereocenters. The Morgan fingerprint density at radius 1 is 1.35 bits per heavy atom. The van der Waals surface area contributed by atoms with Gasteiger partial charge >= 0.3 is 0 Å². The molecule has 1 aromatic heterocycles. The molecule has 0 saturated heterocycles. The van der Waals surface area contributed by atoms with Crippen molar-refractivity contribution >= 4 is 11.7 Å². The van der Waals surface area contributed by atoms with Gasteiger partial charge in [-0.2, -0.15) is 0 Å². The number of nitrogens with zero attached hydrogens (tertiary/aromatic N) is 4. The van der Waals surface area contributed by atoms with Gasteiger partial charge in [-0.05, 0) is 5.56 Å². The number of carbonyl (C=O) groups excluding carboxylic acids is 1. The van der Waals surface area contributed by atoms with Crippen LogP contribution in [0.2, 0.25) is 0 Å². The third-order valence-corrected chi connectivity index (χ3v) is 2.51. The number of H-pyrrole nitrogens is 1. The van der Waals surface area contributed by atoms with Crippen molar-refractivity contribution in [2.75, 3.05) is 14.1 Å². The quantitative estimate of drug-likeness (QED) is 0.639. The summed E-state index contributed by atoms with van der Waals surface area (Å²) in [6.07, 6.45) is 0.568. The molecule has 0 aliphatic carbocycles. The Hall–Kier alpha value is -2.70. The number of hydrogen-bond acceptors (Lipinski definition) is 4. The fourth-order valence-electron chi connectivity index (χ4n) is 1.66. The molecule has 7 heteroatoms. The van der Waals surface area contributed by atoms with Gasteiger partial charge in [0.05, 0.1) is 0 Å². The van der Waals surface area contributed by atoms with Crippen molar-refractivity contribution in [1.29, 1.82) is 0 Å². The predicted octanol–water partition coefficient (Wildman–Crippen LogP) is 1.66. The fourth-order valence-corrected chi connectivity index (χ4v) is 1.66. The highest BCUT2D eigenvalue weighted by Gasteiger charge is 2.15. The van der Waals surface area contributed by atoms with Crippen molar-refractivity contribution in [1.82, 2.24) is 15.0 Å². The lowest BCUT2D eigenvalue weighted by molar-refractivity contribution is 0.0996. The Morgan fingerprint density at radius 3 is 2.65 bits per heavy atom. The van der Waals surface area contributed by atoms with Crippen LogP contribution in [-0.2, 0) is 6.42 Å². The van der Waals surface area contributed by atoms with Crippen molar-refractivity contribution < 1.29 is 4.79 Å². The van der Waals surface area contributed by atoms with Gasteiger partial charge in [0.25, 0.3) is 5.91 Å². The second-order valence-corrected chi connectivity index (χ2v) is 4.45.